The first-order chi connectivity index (χ1) is 10.6. The van der Waals surface area contributed by atoms with Gasteiger partial charge in [-0.1, -0.05) is 12.1 Å². The third-order valence-electron chi connectivity index (χ3n) is 3.55. The fraction of sp³-hybridized carbons (Fsp3) is 0.176. The molecule has 4 nitrogen and oxygen atoms in total. The van der Waals surface area contributed by atoms with Gasteiger partial charge in [-0.15, -0.1) is 0 Å². The van der Waals surface area contributed by atoms with Crippen molar-refractivity contribution in [3.8, 4) is 11.8 Å². The summed E-state index contributed by atoms with van der Waals surface area (Å²) in [5.41, 5.74) is 1.83. The van der Waals surface area contributed by atoms with Crippen molar-refractivity contribution in [3.63, 3.8) is 0 Å². The molecule has 110 valence electrons. The van der Waals surface area contributed by atoms with Crippen molar-refractivity contribution in [2.45, 2.75) is 19.6 Å². The lowest BCUT2D eigenvalue weighted by molar-refractivity contribution is -0.125. The minimum Gasteiger partial charge on any atom is -0.479 e. The Morgan fingerprint density at radius 3 is 2.68 bits per heavy atom. The van der Waals surface area contributed by atoms with Crippen LogP contribution in [0.3, 0.4) is 0 Å². The molecule has 1 aliphatic rings. The van der Waals surface area contributed by atoms with E-state index in [0.717, 1.165) is 5.56 Å². The average Bonchev–Trinajstić information content (AvgIpc) is 2.53. The number of hydrogen-bond acceptors (Lipinski definition) is 3. The van der Waals surface area contributed by atoms with E-state index < -0.39 is 11.9 Å². The number of hydrogen-bond donors (Lipinski definition) is 0. The first kappa shape index (κ1) is 14.1. The highest BCUT2D eigenvalue weighted by atomic mass is 19.1. The first-order valence-corrected chi connectivity index (χ1v) is 6.85. The van der Waals surface area contributed by atoms with Crippen LogP contribution in [0.2, 0.25) is 0 Å². The van der Waals surface area contributed by atoms with E-state index in [1.165, 1.54) is 23.1 Å². The van der Waals surface area contributed by atoms with Crippen LogP contribution in [0.25, 0.3) is 0 Å². The van der Waals surface area contributed by atoms with Gasteiger partial charge in [0, 0.05) is 6.07 Å². The quantitative estimate of drug-likeness (QED) is 0.856. The minimum atomic E-state index is -0.614. The number of nitriles is 1. The predicted octanol–water partition coefficient (Wildman–Crippen LogP) is 3.01. The van der Waals surface area contributed by atoms with Crippen molar-refractivity contribution in [2.24, 2.45) is 0 Å². The SMILES string of the molecule is C[C@H]1Oc2ccc(F)cc2N(Cc2ccc(C#N)cc2)C1=O. The Balaban J connectivity index is 1.96. The Hall–Kier alpha value is -2.87. The summed E-state index contributed by atoms with van der Waals surface area (Å²) in [4.78, 5) is 13.9. The van der Waals surface area contributed by atoms with E-state index in [2.05, 4.69) is 0 Å². The van der Waals surface area contributed by atoms with Gasteiger partial charge in [0.1, 0.15) is 11.6 Å². The molecule has 1 aliphatic heterocycles. The molecule has 0 spiro atoms. The molecule has 3 rings (SSSR count). The standard InChI is InChI=1S/C17H13FN2O2/c1-11-17(21)20(10-13-4-2-12(9-19)3-5-13)15-8-14(18)6-7-16(15)22-11/h2-8,11H,10H2,1H3/t11-/m1/s1. The van der Waals surface area contributed by atoms with Crippen molar-refractivity contribution in [3.05, 3.63) is 59.4 Å². The van der Waals surface area contributed by atoms with E-state index in [9.17, 15) is 9.18 Å². The number of benzene rings is 2. The Bertz CT molecular complexity index is 765. The van der Waals surface area contributed by atoms with E-state index in [0.29, 0.717) is 23.5 Å². The molecule has 2 aromatic rings. The summed E-state index contributed by atoms with van der Waals surface area (Å²) in [6.07, 6.45) is -0.614. The predicted molar refractivity (Wildman–Crippen MR) is 78.8 cm³/mol. The van der Waals surface area contributed by atoms with Gasteiger partial charge in [0.05, 0.1) is 23.9 Å². The fourth-order valence-electron chi connectivity index (χ4n) is 2.41. The maximum atomic E-state index is 13.5. The van der Waals surface area contributed by atoms with Crippen molar-refractivity contribution in [1.29, 1.82) is 5.26 Å². The van der Waals surface area contributed by atoms with E-state index in [1.54, 1.807) is 31.2 Å². The summed E-state index contributed by atoms with van der Waals surface area (Å²) in [5, 5.41) is 8.81. The van der Waals surface area contributed by atoms with Gasteiger partial charge in [-0.05, 0) is 36.8 Å². The number of nitrogens with zero attached hydrogens (tertiary/aromatic N) is 2. The lowest BCUT2D eigenvalue weighted by Crippen LogP contribution is -2.44. The van der Waals surface area contributed by atoms with Gasteiger partial charge in [-0.3, -0.25) is 4.79 Å². The third kappa shape index (κ3) is 2.51. The van der Waals surface area contributed by atoms with E-state index >= 15 is 0 Å². The molecule has 0 saturated heterocycles. The van der Waals surface area contributed by atoms with E-state index in [-0.39, 0.29) is 5.91 Å². The molecule has 1 heterocycles. The number of rotatable bonds is 2. The number of carbonyl (C=O) groups is 1. The average molecular weight is 296 g/mol. The molecular weight excluding hydrogens is 283 g/mol. The summed E-state index contributed by atoms with van der Waals surface area (Å²) in [6, 6.07) is 13.1. The number of amides is 1. The topological polar surface area (TPSA) is 53.3 Å². The third-order valence-corrected chi connectivity index (χ3v) is 3.55. The van der Waals surface area contributed by atoms with Crippen LogP contribution in [-0.4, -0.2) is 12.0 Å². The van der Waals surface area contributed by atoms with Gasteiger partial charge in [0.15, 0.2) is 6.10 Å². The molecule has 2 aromatic carbocycles. The van der Waals surface area contributed by atoms with Crippen LogP contribution in [0, 0.1) is 17.1 Å². The monoisotopic (exact) mass is 296 g/mol. The number of ether oxygens (including phenoxy) is 1. The summed E-state index contributed by atoms with van der Waals surface area (Å²) in [7, 11) is 0. The molecule has 5 heteroatoms. The lowest BCUT2D eigenvalue weighted by Gasteiger charge is -2.33. The zero-order chi connectivity index (χ0) is 15.7. The maximum Gasteiger partial charge on any atom is 0.268 e. The highest BCUT2D eigenvalue weighted by Gasteiger charge is 2.31. The Morgan fingerprint density at radius 1 is 1.27 bits per heavy atom. The fourth-order valence-corrected chi connectivity index (χ4v) is 2.41. The molecular formula is C17H13FN2O2. The molecule has 22 heavy (non-hydrogen) atoms. The van der Waals surface area contributed by atoms with E-state index in [4.69, 9.17) is 10.00 Å². The summed E-state index contributed by atoms with van der Waals surface area (Å²) in [5.74, 6) is -0.154. The number of carbonyl (C=O) groups excluding carboxylic acids is 1. The molecule has 0 aliphatic carbocycles. The molecule has 1 atom stereocenters. The smallest absolute Gasteiger partial charge is 0.268 e. The highest BCUT2D eigenvalue weighted by molar-refractivity contribution is 5.99. The number of halogens is 1. The second-order valence-corrected chi connectivity index (χ2v) is 5.11. The lowest BCUT2D eigenvalue weighted by atomic mass is 10.1. The summed E-state index contributed by atoms with van der Waals surface area (Å²) >= 11 is 0. The van der Waals surface area contributed by atoms with Gasteiger partial charge in [-0.25, -0.2) is 4.39 Å². The van der Waals surface area contributed by atoms with Crippen molar-refractivity contribution >= 4 is 11.6 Å². The number of anilines is 1. The Kier molecular flexibility index (Phi) is 3.51. The molecule has 0 aromatic heterocycles. The normalized spacial score (nSPS) is 16.7. The highest BCUT2D eigenvalue weighted by Crippen LogP contribution is 2.35. The molecule has 0 radical (unpaired) electrons. The zero-order valence-corrected chi connectivity index (χ0v) is 11.9. The minimum absolute atomic E-state index is 0.220. The molecule has 0 fully saturated rings. The summed E-state index contributed by atoms with van der Waals surface area (Å²) < 4.78 is 19.0. The largest absolute Gasteiger partial charge is 0.479 e. The molecule has 0 bridgehead atoms. The first-order valence-electron chi connectivity index (χ1n) is 6.85. The van der Waals surface area contributed by atoms with Gasteiger partial charge < -0.3 is 9.64 Å². The second kappa shape index (κ2) is 5.49. The van der Waals surface area contributed by atoms with Crippen LogP contribution in [0.15, 0.2) is 42.5 Å². The molecule has 0 N–H and O–H groups in total. The van der Waals surface area contributed by atoms with Gasteiger partial charge >= 0.3 is 0 Å². The van der Waals surface area contributed by atoms with Gasteiger partial charge in [0.25, 0.3) is 5.91 Å². The molecule has 0 saturated carbocycles. The van der Waals surface area contributed by atoms with Gasteiger partial charge in [0.2, 0.25) is 0 Å². The van der Waals surface area contributed by atoms with Crippen molar-refractivity contribution in [2.75, 3.05) is 4.90 Å². The van der Waals surface area contributed by atoms with Crippen molar-refractivity contribution in [1.82, 2.24) is 0 Å². The van der Waals surface area contributed by atoms with Crippen LogP contribution in [0.5, 0.6) is 5.75 Å². The Morgan fingerprint density at radius 2 is 2.00 bits per heavy atom. The van der Waals surface area contributed by atoms with E-state index in [1.807, 2.05) is 6.07 Å². The second-order valence-electron chi connectivity index (χ2n) is 5.11. The molecule has 1 amide bonds. The Labute approximate surface area is 127 Å². The van der Waals surface area contributed by atoms with Crippen LogP contribution >= 0.6 is 0 Å². The van der Waals surface area contributed by atoms with Crippen LogP contribution in [-0.2, 0) is 11.3 Å². The molecule has 0 unspecified atom stereocenters. The zero-order valence-electron chi connectivity index (χ0n) is 11.9. The number of fused-ring (bicyclic) bond motifs is 1. The van der Waals surface area contributed by atoms with Gasteiger partial charge in [-0.2, -0.15) is 5.26 Å². The van der Waals surface area contributed by atoms with Crippen molar-refractivity contribution < 1.29 is 13.9 Å². The summed E-state index contributed by atoms with van der Waals surface area (Å²) in [6.45, 7) is 1.97. The van der Waals surface area contributed by atoms with Crippen LogP contribution < -0.4 is 9.64 Å². The van der Waals surface area contributed by atoms with Crippen LogP contribution in [0.4, 0.5) is 10.1 Å². The maximum absolute atomic E-state index is 13.5. The van der Waals surface area contributed by atoms with Crippen LogP contribution in [0.1, 0.15) is 18.1 Å².